The van der Waals surface area contributed by atoms with Crippen LogP contribution in [-0.4, -0.2) is 63.7 Å². The van der Waals surface area contributed by atoms with Gasteiger partial charge < -0.3 is 14.5 Å². The van der Waals surface area contributed by atoms with Crippen molar-refractivity contribution in [1.82, 2.24) is 9.88 Å². The molecule has 1 unspecified atom stereocenters. The average Bonchev–Trinajstić information content (AvgIpc) is 3.37. The molecule has 3 heterocycles. The molecule has 2 aliphatic heterocycles. The van der Waals surface area contributed by atoms with Crippen LogP contribution < -0.4 is 9.62 Å². The highest BCUT2D eigenvalue weighted by atomic mass is 35.5. The SMILES string of the molecule is CO[C@]1(C)CCN(CC2CCN(c3cc(F)c(S(=O)(=O)Nc4cccc(F)n4)c(F)c3Cl)C2)C1. The Morgan fingerprint density at radius 2 is 2.06 bits per heavy atom. The van der Waals surface area contributed by atoms with Crippen LogP contribution in [0.15, 0.2) is 29.2 Å². The third-order valence-electron chi connectivity index (χ3n) is 6.47. The lowest BCUT2D eigenvalue weighted by Gasteiger charge is -2.25. The molecule has 34 heavy (non-hydrogen) atoms. The normalized spacial score (nSPS) is 23.6. The van der Waals surface area contributed by atoms with Gasteiger partial charge in [-0.05, 0) is 37.8 Å². The summed E-state index contributed by atoms with van der Waals surface area (Å²) < 4.78 is 76.0. The summed E-state index contributed by atoms with van der Waals surface area (Å²) in [6.07, 6.45) is 1.75. The number of nitrogens with one attached hydrogen (secondary N) is 1. The fourth-order valence-electron chi connectivity index (χ4n) is 4.61. The van der Waals surface area contributed by atoms with Crippen molar-refractivity contribution in [2.75, 3.05) is 49.5 Å². The number of likely N-dealkylation sites (tertiary alicyclic amines) is 1. The Morgan fingerprint density at radius 3 is 2.74 bits per heavy atom. The average molecular weight is 519 g/mol. The second-order valence-corrected chi connectivity index (χ2v) is 11.0. The maximum absolute atomic E-state index is 15.1. The summed E-state index contributed by atoms with van der Waals surface area (Å²) in [5.41, 5.74) is -0.0605. The summed E-state index contributed by atoms with van der Waals surface area (Å²) in [6, 6.07) is 4.31. The van der Waals surface area contributed by atoms with Crippen molar-refractivity contribution in [2.24, 2.45) is 5.92 Å². The molecule has 0 aliphatic carbocycles. The number of benzene rings is 1. The first-order valence-electron chi connectivity index (χ1n) is 10.9. The lowest BCUT2D eigenvalue weighted by atomic mass is 10.1. The van der Waals surface area contributed by atoms with E-state index >= 15 is 4.39 Å². The fourth-order valence-corrected chi connectivity index (χ4v) is 6.08. The molecule has 0 spiro atoms. The van der Waals surface area contributed by atoms with Crippen LogP contribution in [-0.2, 0) is 14.8 Å². The van der Waals surface area contributed by atoms with Gasteiger partial charge in [0, 0.05) is 45.9 Å². The molecule has 0 bridgehead atoms. The Morgan fingerprint density at radius 1 is 1.29 bits per heavy atom. The number of pyridine rings is 1. The predicted octanol–water partition coefficient (Wildman–Crippen LogP) is 3.89. The van der Waals surface area contributed by atoms with Crippen molar-refractivity contribution in [3.63, 3.8) is 0 Å². The maximum atomic E-state index is 15.1. The van der Waals surface area contributed by atoms with Crippen LogP contribution in [0.25, 0.3) is 0 Å². The molecule has 0 radical (unpaired) electrons. The van der Waals surface area contributed by atoms with Gasteiger partial charge in [-0.2, -0.15) is 4.39 Å². The van der Waals surface area contributed by atoms with Crippen LogP contribution >= 0.6 is 11.6 Å². The lowest BCUT2D eigenvalue weighted by molar-refractivity contribution is 0.0140. The number of aromatic nitrogens is 1. The second kappa shape index (κ2) is 9.52. The molecule has 2 saturated heterocycles. The zero-order chi connectivity index (χ0) is 24.7. The molecular weight excluding hydrogens is 493 g/mol. The van der Waals surface area contributed by atoms with Crippen LogP contribution in [0.2, 0.25) is 5.02 Å². The summed E-state index contributed by atoms with van der Waals surface area (Å²) in [5.74, 6) is -3.78. The highest BCUT2D eigenvalue weighted by Gasteiger charge is 2.36. The van der Waals surface area contributed by atoms with E-state index in [9.17, 15) is 17.2 Å². The number of hydrogen-bond acceptors (Lipinski definition) is 6. The zero-order valence-electron chi connectivity index (χ0n) is 18.8. The van der Waals surface area contributed by atoms with Crippen molar-refractivity contribution in [3.8, 4) is 0 Å². The Kier molecular flexibility index (Phi) is 7.01. The summed E-state index contributed by atoms with van der Waals surface area (Å²) >= 11 is 6.18. The molecule has 1 aromatic carbocycles. The van der Waals surface area contributed by atoms with E-state index in [4.69, 9.17) is 16.3 Å². The second-order valence-electron chi connectivity index (χ2n) is 9.03. The van der Waals surface area contributed by atoms with E-state index in [0.717, 1.165) is 50.7 Å². The predicted molar refractivity (Wildman–Crippen MR) is 123 cm³/mol. The Labute approximate surface area is 201 Å². The molecule has 7 nitrogen and oxygen atoms in total. The number of rotatable bonds is 7. The standard InChI is InChI=1S/C22H26ClF3N4O3S/c1-22(33-2)7-9-29(13-22)11-14-6-8-30(12-14)16-10-15(24)21(20(26)19(16)23)34(31,32)28-18-5-3-4-17(25)27-18/h3-5,10,14H,6-9,11-13H2,1-2H3,(H,27,28)/t14?,22-/m1/s1. The van der Waals surface area contributed by atoms with E-state index < -0.39 is 43.3 Å². The minimum Gasteiger partial charge on any atom is -0.377 e. The summed E-state index contributed by atoms with van der Waals surface area (Å²) in [4.78, 5) is 6.21. The largest absolute Gasteiger partial charge is 0.377 e. The van der Waals surface area contributed by atoms with Crippen LogP contribution in [0, 0.1) is 23.5 Å². The number of methoxy groups -OCH3 is 1. The molecule has 4 rings (SSSR count). The van der Waals surface area contributed by atoms with Gasteiger partial charge in [0.15, 0.2) is 10.7 Å². The molecule has 1 N–H and O–H groups in total. The lowest BCUT2D eigenvalue weighted by Crippen LogP contribution is -2.35. The number of ether oxygens (including phenoxy) is 1. The van der Waals surface area contributed by atoms with Crippen molar-refractivity contribution in [1.29, 1.82) is 0 Å². The Hall–Kier alpha value is -2.08. The van der Waals surface area contributed by atoms with E-state index in [2.05, 4.69) is 16.8 Å². The first-order chi connectivity index (χ1) is 16.0. The molecule has 0 saturated carbocycles. The zero-order valence-corrected chi connectivity index (χ0v) is 20.4. The maximum Gasteiger partial charge on any atom is 0.268 e. The van der Waals surface area contributed by atoms with Crippen LogP contribution in [0.5, 0.6) is 0 Å². The number of halogens is 4. The smallest absolute Gasteiger partial charge is 0.268 e. The molecule has 186 valence electrons. The van der Waals surface area contributed by atoms with E-state index in [0.29, 0.717) is 13.1 Å². The Bertz CT molecular complexity index is 1190. The molecule has 2 aliphatic rings. The number of hydrogen-bond donors (Lipinski definition) is 1. The van der Waals surface area contributed by atoms with Gasteiger partial charge in [0.25, 0.3) is 10.0 Å². The van der Waals surface area contributed by atoms with Gasteiger partial charge in [-0.3, -0.25) is 4.72 Å². The third-order valence-corrected chi connectivity index (χ3v) is 8.22. The van der Waals surface area contributed by atoms with Crippen LogP contribution in [0.4, 0.5) is 24.7 Å². The highest BCUT2D eigenvalue weighted by Crippen LogP contribution is 2.38. The van der Waals surface area contributed by atoms with Gasteiger partial charge in [0.05, 0.1) is 11.3 Å². The summed E-state index contributed by atoms with van der Waals surface area (Å²) in [5, 5.41) is -0.484. The van der Waals surface area contributed by atoms with Crippen molar-refractivity contribution >= 4 is 33.1 Å². The molecule has 0 amide bonds. The molecule has 1 aromatic heterocycles. The quantitative estimate of drug-likeness (QED) is 0.443. The van der Waals surface area contributed by atoms with Gasteiger partial charge in [0.2, 0.25) is 5.95 Å². The summed E-state index contributed by atoms with van der Waals surface area (Å²) in [6.45, 7) is 5.73. The van der Waals surface area contributed by atoms with Crippen LogP contribution in [0.3, 0.4) is 0 Å². The van der Waals surface area contributed by atoms with E-state index in [1.165, 1.54) is 6.07 Å². The first-order valence-corrected chi connectivity index (χ1v) is 12.7. The van der Waals surface area contributed by atoms with Crippen LogP contribution in [0.1, 0.15) is 19.8 Å². The molecule has 2 fully saturated rings. The first kappa shape index (κ1) is 25.0. The van der Waals surface area contributed by atoms with Gasteiger partial charge in [-0.15, -0.1) is 0 Å². The minimum atomic E-state index is -4.75. The monoisotopic (exact) mass is 518 g/mol. The Balaban J connectivity index is 1.50. The number of nitrogens with zero attached hydrogens (tertiary/aromatic N) is 3. The highest BCUT2D eigenvalue weighted by molar-refractivity contribution is 7.92. The fraction of sp³-hybridized carbons (Fsp3) is 0.500. The van der Waals surface area contributed by atoms with E-state index in [-0.39, 0.29) is 17.2 Å². The molecule has 2 atom stereocenters. The minimum absolute atomic E-state index is 0.102. The van der Waals surface area contributed by atoms with Gasteiger partial charge >= 0.3 is 0 Å². The molecular formula is C22H26ClF3N4O3S. The van der Waals surface area contributed by atoms with E-state index in [1.807, 2.05) is 4.72 Å². The van der Waals surface area contributed by atoms with Gasteiger partial charge in [0.1, 0.15) is 16.7 Å². The van der Waals surface area contributed by atoms with Gasteiger partial charge in [-0.1, -0.05) is 17.7 Å². The number of sulfonamides is 1. The molecule has 2 aromatic rings. The molecule has 12 heteroatoms. The van der Waals surface area contributed by atoms with Gasteiger partial charge in [-0.25, -0.2) is 22.2 Å². The topological polar surface area (TPSA) is 74.8 Å². The van der Waals surface area contributed by atoms with Crippen molar-refractivity contribution in [2.45, 2.75) is 30.3 Å². The van der Waals surface area contributed by atoms with E-state index in [1.54, 1.807) is 12.0 Å². The van der Waals surface area contributed by atoms with Crippen molar-refractivity contribution in [3.05, 3.63) is 46.9 Å². The third kappa shape index (κ3) is 5.12. The number of anilines is 2. The summed E-state index contributed by atoms with van der Waals surface area (Å²) in [7, 11) is -3.04. The van der Waals surface area contributed by atoms with Crippen molar-refractivity contribution < 1.29 is 26.3 Å².